The molecule has 0 saturated carbocycles. The average molecular weight is 431 g/mol. The summed E-state index contributed by atoms with van der Waals surface area (Å²) in [6.45, 7) is 2.98. The third-order valence-corrected chi connectivity index (χ3v) is 5.17. The topological polar surface area (TPSA) is 102 Å². The van der Waals surface area contributed by atoms with E-state index in [0.29, 0.717) is 35.7 Å². The second kappa shape index (κ2) is 9.47. The smallest absolute Gasteiger partial charge is 0.251 e. The van der Waals surface area contributed by atoms with Crippen LogP contribution in [0.4, 0.5) is 0 Å². The highest BCUT2D eigenvalue weighted by Gasteiger charge is 2.13. The summed E-state index contributed by atoms with van der Waals surface area (Å²) in [6, 6.07) is 12.4. The van der Waals surface area contributed by atoms with Gasteiger partial charge in [0, 0.05) is 54.6 Å². The zero-order valence-electron chi connectivity index (χ0n) is 18.1. The van der Waals surface area contributed by atoms with E-state index in [1.807, 2.05) is 25.1 Å². The monoisotopic (exact) mass is 431 g/mol. The minimum absolute atomic E-state index is 0.0918. The number of aromatic nitrogens is 4. The Morgan fingerprint density at radius 1 is 1.19 bits per heavy atom. The molecule has 2 N–H and O–H groups in total. The molecule has 0 saturated heterocycles. The number of aromatic amines is 1. The Balaban J connectivity index is 1.58. The van der Waals surface area contributed by atoms with Gasteiger partial charge in [-0.3, -0.25) is 14.7 Å². The van der Waals surface area contributed by atoms with Crippen molar-refractivity contribution in [2.75, 3.05) is 13.2 Å². The summed E-state index contributed by atoms with van der Waals surface area (Å²) in [7, 11) is 1.70. The van der Waals surface area contributed by atoms with Gasteiger partial charge < -0.3 is 14.6 Å². The minimum atomic E-state index is -0.152. The second-order valence-electron chi connectivity index (χ2n) is 7.46. The highest BCUT2D eigenvalue weighted by molar-refractivity contribution is 5.99. The summed E-state index contributed by atoms with van der Waals surface area (Å²) in [5.41, 5.74) is 3.54. The number of fused-ring (bicyclic) bond motifs is 1. The average Bonchev–Trinajstić information content (AvgIpc) is 3.31. The molecule has 1 amide bonds. The van der Waals surface area contributed by atoms with Gasteiger partial charge in [0.1, 0.15) is 5.75 Å². The predicted molar refractivity (Wildman–Crippen MR) is 123 cm³/mol. The van der Waals surface area contributed by atoms with Crippen molar-refractivity contribution in [1.29, 1.82) is 0 Å². The molecule has 32 heavy (non-hydrogen) atoms. The molecule has 0 spiro atoms. The second-order valence-corrected chi connectivity index (χ2v) is 7.46. The van der Waals surface area contributed by atoms with Crippen LogP contribution in [0.3, 0.4) is 0 Å². The first kappa shape index (κ1) is 21.3. The molecule has 0 bridgehead atoms. The molecule has 8 nitrogen and oxygen atoms in total. The Kier molecular flexibility index (Phi) is 6.30. The van der Waals surface area contributed by atoms with E-state index in [-0.39, 0.29) is 11.5 Å². The Bertz CT molecular complexity index is 1290. The van der Waals surface area contributed by atoms with Gasteiger partial charge in [-0.25, -0.2) is 4.98 Å². The van der Waals surface area contributed by atoms with Gasteiger partial charge in [0.25, 0.3) is 5.91 Å². The van der Waals surface area contributed by atoms with Gasteiger partial charge in [-0.2, -0.15) is 5.10 Å². The number of ether oxygens (including phenoxy) is 1. The van der Waals surface area contributed by atoms with E-state index in [1.165, 1.54) is 10.6 Å². The highest BCUT2D eigenvalue weighted by atomic mass is 16.5. The van der Waals surface area contributed by atoms with Crippen molar-refractivity contribution in [3.63, 3.8) is 0 Å². The Morgan fingerprint density at radius 3 is 2.81 bits per heavy atom. The van der Waals surface area contributed by atoms with Crippen LogP contribution in [-0.4, -0.2) is 38.8 Å². The molecule has 3 heterocycles. The quantitative estimate of drug-likeness (QED) is 0.418. The van der Waals surface area contributed by atoms with Crippen LogP contribution in [0.5, 0.6) is 5.75 Å². The van der Waals surface area contributed by atoms with Gasteiger partial charge in [0.05, 0.1) is 23.5 Å². The lowest BCUT2D eigenvalue weighted by molar-refractivity contribution is 0.0953. The third-order valence-electron chi connectivity index (χ3n) is 5.17. The number of hydrogen-bond acceptors (Lipinski definition) is 5. The highest BCUT2D eigenvalue weighted by Crippen LogP contribution is 2.30. The number of hydrogen-bond donors (Lipinski definition) is 2. The molecule has 4 aromatic rings. The van der Waals surface area contributed by atoms with Gasteiger partial charge in [-0.05, 0) is 50.1 Å². The molecule has 0 atom stereocenters. The van der Waals surface area contributed by atoms with Crippen molar-refractivity contribution < 1.29 is 9.53 Å². The molecule has 0 unspecified atom stereocenters. The number of nitrogens with zero attached hydrogens (tertiary/aromatic N) is 3. The van der Waals surface area contributed by atoms with Crippen LogP contribution in [0.25, 0.3) is 22.2 Å². The molecular formula is C24H25N5O3. The SMILES string of the molecule is CCOc1cc(-c2ccc(=O)n(C)c2)nc2cc(C(=O)NCCCc3cc[nH]n3)ccc12. The fourth-order valence-corrected chi connectivity index (χ4v) is 3.51. The van der Waals surface area contributed by atoms with Crippen LogP contribution in [-0.2, 0) is 13.5 Å². The van der Waals surface area contributed by atoms with Crippen LogP contribution in [0.1, 0.15) is 29.4 Å². The number of carbonyl (C=O) groups excluding carboxylic acids is 1. The number of aryl methyl sites for hydroxylation is 2. The van der Waals surface area contributed by atoms with E-state index >= 15 is 0 Å². The molecule has 8 heteroatoms. The van der Waals surface area contributed by atoms with E-state index in [4.69, 9.17) is 9.72 Å². The summed E-state index contributed by atoms with van der Waals surface area (Å²) in [4.78, 5) is 29.2. The lowest BCUT2D eigenvalue weighted by Crippen LogP contribution is -2.24. The number of pyridine rings is 2. The van der Waals surface area contributed by atoms with Crippen molar-refractivity contribution in [3.05, 3.63) is 76.5 Å². The van der Waals surface area contributed by atoms with Crippen LogP contribution < -0.4 is 15.6 Å². The fraction of sp³-hybridized carbons (Fsp3) is 0.250. The molecule has 3 aromatic heterocycles. The van der Waals surface area contributed by atoms with Crippen molar-refractivity contribution in [2.24, 2.45) is 7.05 Å². The summed E-state index contributed by atoms with van der Waals surface area (Å²) >= 11 is 0. The zero-order chi connectivity index (χ0) is 22.5. The first-order valence-corrected chi connectivity index (χ1v) is 10.6. The maximum atomic E-state index is 12.7. The molecule has 4 rings (SSSR count). The number of nitrogens with one attached hydrogen (secondary N) is 2. The molecule has 0 aliphatic heterocycles. The maximum Gasteiger partial charge on any atom is 0.251 e. The standard InChI is InChI=1S/C24H25N5O3/c1-3-32-22-14-20(17-7-9-23(30)29(2)15-17)27-21-13-16(6-8-19(21)22)24(31)25-11-4-5-18-10-12-26-28-18/h6-10,12-15H,3-5,11H2,1-2H3,(H,25,31)(H,26,28). The maximum absolute atomic E-state index is 12.7. The number of carbonyl (C=O) groups is 1. The molecule has 0 aliphatic rings. The largest absolute Gasteiger partial charge is 0.493 e. The van der Waals surface area contributed by atoms with Crippen LogP contribution in [0, 0.1) is 0 Å². The summed E-state index contributed by atoms with van der Waals surface area (Å²) in [5.74, 6) is 0.536. The number of H-pyrrole nitrogens is 1. The molecule has 164 valence electrons. The first-order valence-electron chi connectivity index (χ1n) is 10.6. The van der Waals surface area contributed by atoms with E-state index in [9.17, 15) is 9.59 Å². The van der Waals surface area contributed by atoms with E-state index < -0.39 is 0 Å². The molecule has 0 aliphatic carbocycles. The Hall–Kier alpha value is -3.94. The Morgan fingerprint density at radius 2 is 2.06 bits per heavy atom. The van der Waals surface area contributed by atoms with E-state index in [1.54, 1.807) is 37.6 Å². The van der Waals surface area contributed by atoms with Gasteiger partial charge in [-0.15, -0.1) is 0 Å². The van der Waals surface area contributed by atoms with Gasteiger partial charge >= 0.3 is 0 Å². The molecule has 1 aromatic carbocycles. The summed E-state index contributed by atoms with van der Waals surface area (Å²) < 4.78 is 7.34. The normalized spacial score (nSPS) is 10.9. The number of rotatable bonds is 8. The predicted octanol–water partition coefficient (Wildman–Crippen LogP) is 3.08. The van der Waals surface area contributed by atoms with Crippen LogP contribution in [0.2, 0.25) is 0 Å². The first-order chi connectivity index (χ1) is 15.5. The molecule has 0 fully saturated rings. The number of amides is 1. The zero-order valence-corrected chi connectivity index (χ0v) is 18.1. The van der Waals surface area contributed by atoms with Gasteiger partial charge in [-0.1, -0.05) is 0 Å². The van der Waals surface area contributed by atoms with Crippen molar-refractivity contribution in [3.8, 4) is 17.0 Å². The van der Waals surface area contributed by atoms with Gasteiger partial charge in [0.2, 0.25) is 5.56 Å². The molecule has 0 radical (unpaired) electrons. The van der Waals surface area contributed by atoms with Crippen molar-refractivity contribution in [2.45, 2.75) is 19.8 Å². The lowest BCUT2D eigenvalue weighted by atomic mass is 10.1. The minimum Gasteiger partial charge on any atom is -0.493 e. The van der Waals surface area contributed by atoms with E-state index in [2.05, 4.69) is 15.5 Å². The number of benzene rings is 1. The lowest BCUT2D eigenvalue weighted by Gasteiger charge is -2.12. The Labute approximate surface area is 185 Å². The fourth-order valence-electron chi connectivity index (χ4n) is 3.51. The van der Waals surface area contributed by atoms with Crippen molar-refractivity contribution in [1.82, 2.24) is 25.1 Å². The summed E-state index contributed by atoms with van der Waals surface area (Å²) in [5, 5.41) is 10.7. The van der Waals surface area contributed by atoms with Crippen molar-refractivity contribution >= 4 is 16.8 Å². The molecular weight excluding hydrogens is 406 g/mol. The third kappa shape index (κ3) is 4.69. The van der Waals surface area contributed by atoms with Crippen LogP contribution in [0.15, 0.2) is 59.7 Å². The van der Waals surface area contributed by atoms with Crippen LogP contribution >= 0.6 is 0 Å². The van der Waals surface area contributed by atoms with E-state index in [0.717, 1.165) is 29.5 Å². The van der Waals surface area contributed by atoms with Gasteiger partial charge in [0.15, 0.2) is 0 Å². The summed E-state index contributed by atoms with van der Waals surface area (Å²) in [6.07, 6.45) is 5.12.